The van der Waals surface area contributed by atoms with Crippen molar-refractivity contribution in [2.75, 3.05) is 13.1 Å². The molecule has 5 N–H and O–H groups in total. The molecule has 2 aliphatic rings. The number of hydrogen-bond donors (Lipinski definition) is 4. The summed E-state index contributed by atoms with van der Waals surface area (Å²) < 4.78 is 0. The number of urea groups is 1. The van der Waals surface area contributed by atoms with Gasteiger partial charge in [-0.15, -0.1) is 12.4 Å². The number of carbonyl (C=O) groups excluding carboxylic acids is 2. The van der Waals surface area contributed by atoms with Crippen LogP contribution < -0.4 is 21.7 Å². The lowest BCUT2D eigenvalue weighted by molar-refractivity contribution is -0.122. The van der Waals surface area contributed by atoms with Gasteiger partial charge in [-0.25, -0.2) is 4.79 Å². The number of amides is 3. The van der Waals surface area contributed by atoms with Crippen LogP contribution in [0.5, 0.6) is 0 Å². The summed E-state index contributed by atoms with van der Waals surface area (Å²) in [5.41, 5.74) is 5.88. The van der Waals surface area contributed by atoms with E-state index in [1.54, 1.807) is 0 Å². The number of hydrogen-bond acceptors (Lipinski definition) is 3. The predicted molar refractivity (Wildman–Crippen MR) is 117 cm³/mol. The Balaban J connectivity index is 0.00000392. The zero-order chi connectivity index (χ0) is 19.3. The van der Waals surface area contributed by atoms with Crippen LogP contribution in [0.15, 0.2) is 0 Å². The minimum atomic E-state index is -0.0436. The first-order chi connectivity index (χ1) is 13.2. The first kappa shape index (κ1) is 25.0. The third-order valence-corrected chi connectivity index (χ3v) is 6.13. The van der Waals surface area contributed by atoms with Crippen LogP contribution in [0.25, 0.3) is 0 Å². The summed E-state index contributed by atoms with van der Waals surface area (Å²) in [7, 11) is 0. The second-order valence-corrected chi connectivity index (χ2v) is 8.35. The van der Waals surface area contributed by atoms with Gasteiger partial charge in [0.25, 0.3) is 0 Å². The highest BCUT2D eigenvalue weighted by Gasteiger charge is 2.23. The maximum absolute atomic E-state index is 12.2. The Labute approximate surface area is 176 Å². The number of rotatable bonds is 10. The molecular weight excluding hydrogens is 376 g/mol. The van der Waals surface area contributed by atoms with Crippen molar-refractivity contribution in [3.05, 3.63) is 0 Å². The topological polar surface area (TPSA) is 96.2 Å². The zero-order valence-electron chi connectivity index (χ0n) is 17.3. The smallest absolute Gasteiger partial charge is 0.315 e. The fourth-order valence-electron chi connectivity index (χ4n) is 4.46. The van der Waals surface area contributed by atoms with Crippen molar-refractivity contribution in [2.24, 2.45) is 11.7 Å². The minimum Gasteiger partial charge on any atom is -0.352 e. The van der Waals surface area contributed by atoms with Crippen LogP contribution in [-0.2, 0) is 4.79 Å². The minimum absolute atomic E-state index is 0. The Hall–Kier alpha value is -1.01. The molecule has 2 saturated carbocycles. The third kappa shape index (κ3) is 9.97. The van der Waals surface area contributed by atoms with Gasteiger partial charge >= 0.3 is 6.03 Å². The molecule has 0 radical (unpaired) electrons. The molecule has 1 unspecified atom stereocenters. The highest BCUT2D eigenvalue weighted by atomic mass is 35.5. The molecule has 164 valence electrons. The molecule has 2 aliphatic carbocycles. The van der Waals surface area contributed by atoms with Gasteiger partial charge in [-0.3, -0.25) is 4.79 Å². The molecule has 1 atom stereocenters. The van der Waals surface area contributed by atoms with E-state index < -0.39 is 0 Å². The molecule has 2 fully saturated rings. The van der Waals surface area contributed by atoms with Gasteiger partial charge in [-0.1, -0.05) is 44.9 Å². The van der Waals surface area contributed by atoms with Gasteiger partial charge in [0, 0.05) is 31.6 Å². The summed E-state index contributed by atoms with van der Waals surface area (Å²) in [4.78, 5) is 24.0. The second-order valence-electron chi connectivity index (χ2n) is 8.35. The van der Waals surface area contributed by atoms with E-state index in [0.29, 0.717) is 31.5 Å². The van der Waals surface area contributed by atoms with Gasteiger partial charge in [0.15, 0.2) is 0 Å². The van der Waals surface area contributed by atoms with Crippen LogP contribution in [0, 0.1) is 5.92 Å². The fraction of sp³-hybridized carbons (Fsp3) is 0.905. The van der Waals surface area contributed by atoms with Gasteiger partial charge in [0.2, 0.25) is 5.91 Å². The van der Waals surface area contributed by atoms with E-state index in [4.69, 9.17) is 5.73 Å². The second kappa shape index (κ2) is 14.9. The van der Waals surface area contributed by atoms with E-state index >= 15 is 0 Å². The van der Waals surface area contributed by atoms with E-state index in [2.05, 4.69) is 16.0 Å². The molecular formula is C21H41ClN4O2. The molecule has 6 nitrogen and oxygen atoms in total. The summed E-state index contributed by atoms with van der Waals surface area (Å²) in [5.74, 6) is 0.679. The Bertz CT molecular complexity index is 438. The van der Waals surface area contributed by atoms with Crippen molar-refractivity contribution in [2.45, 2.75) is 102 Å². The Morgan fingerprint density at radius 1 is 0.893 bits per heavy atom. The summed E-state index contributed by atoms with van der Waals surface area (Å²) >= 11 is 0. The van der Waals surface area contributed by atoms with Gasteiger partial charge in [0.1, 0.15) is 0 Å². The molecule has 28 heavy (non-hydrogen) atoms. The zero-order valence-corrected chi connectivity index (χ0v) is 18.2. The average molecular weight is 417 g/mol. The van der Waals surface area contributed by atoms with Crippen LogP contribution >= 0.6 is 12.4 Å². The van der Waals surface area contributed by atoms with Crippen LogP contribution in [0.3, 0.4) is 0 Å². The maximum atomic E-state index is 12.2. The standard InChI is InChI=1S/C21H40N4O2.ClH/c22-16-19(17-10-4-1-5-11-17)25-20(26)14-8-3-9-15-23-21(27)24-18-12-6-2-7-13-18;/h17-19H,1-16,22H2,(H,25,26)(H2,23,24,27);1H. The molecule has 2 rings (SSSR count). The maximum Gasteiger partial charge on any atom is 0.315 e. The number of halogens is 1. The van der Waals surface area contributed by atoms with Gasteiger partial charge in [-0.2, -0.15) is 0 Å². The van der Waals surface area contributed by atoms with Crippen molar-refractivity contribution in [3.63, 3.8) is 0 Å². The number of unbranched alkanes of at least 4 members (excludes halogenated alkanes) is 2. The van der Waals surface area contributed by atoms with E-state index in [-0.39, 0.29) is 30.4 Å². The first-order valence-electron chi connectivity index (χ1n) is 11.2. The van der Waals surface area contributed by atoms with Crippen molar-refractivity contribution < 1.29 is 9.59 Å². The fourth-order valence-corrected chi connectivity index (χ4v) is 4.46. The monoisotopic (exact) mass is 416 g/mol. The molecule has 0 aromatic rings. The van der Waals surface area contributed by atoms with Crippen LogP contribution in [-0.4, -0.2) is 37.1 Å². The lowest BCUT2D eigenvalue weighted by atomic mass is 9.84. The lowest BCUT2D eigenvalue weighted by Crippen LogP contribution is -2.45. The summed E-state index contributed by atoms with van der Waals surface area (Å²) in [6.07, 6.45) is 15.4. The van der Waals surface area contributed by atoms with Crippen LogP contribution in [0.4, 0.5) is 4.79 Å². The van der Waals surface area contributed by atoms with E-state index in [0.717, 1.165) is 32.1 Å². The Kier molecular flexibility index (Phi) is 13.3. The number of carbonyl (C=O) groups is 2. The molecule has 0 saturated heterocycles. The molecule has 0 aromatic carbocycles. The van der Waals surface area contributed by atoms with Crippen LogP contribution in [0.2, 0.25) is 0 Å². The van der Waals surface area contributed by atoms with Gasteiger partial charge < -0.3 is 21.7 Å². The molecule has 0 aliphatic heterocycles. The first-order valence-corrected chi connectivity index (χ1v) is 11.2. The van der Waals surface area contributed by atoms with Crippen LogP contribution in [0.1, 0.15) is 89.9 Å². The van der Waals surface area contributed by atoms with Crippen molar-refractivity contribution in [1.29, 1.82) is 0 Å². The van der Waals surface area contributed by atoms with Gasteiger partial charge in [-0.05, 0) is 44.4 Å². The SMILES string of the molecule is Cl.NCC(NC(=O)CCCCCNC(=O)NC1CCCCC1)C1CCCCC1. The highest BCUT2D eigenvalue weighted by Crippen LogP contribution is 2.26. The Morgan fingerprint density at radius 3 is 2.18 bits per heavy atom. The van der Waals surface area contributed by atoms with E-state index in [1.165, 1.54) is 51.4 Å². The van der Waals surface area contributed by atoms with E-state index in [9.17, 15) is 9.59 Å². The van der Waals surface area contributed by atoms with Crippen molar-refractivity contribution in [3.8, 4) is 0 Å². The lowest BCUT2D eigenvalue weighted by Gasteiger charge is -2.30. The third-order valence-electron chi connectivity index (χ3n) is 6.13. The molecule has 0 spiro atoms. The molecule has 0 aromatic heterocycles. The summed E-state index contributed by atoms with van der Waals surface area (Å²) in [6, 6.07) is 0.447. The summed E-state index contributed by atoms with van der Waals surface area (Å²) in [6.45, 7) is 1.21. The van der Waals surface area contributed by atoms with E-state index in [1.807, 2.05) is 0 Å². The molecule has 3 amide bonds. The van der Waals surface area contributed by atoms with Gasteiger partial charge in [0.05, 0.1) is 0 Å². The number of nitrogens with one attached hydrogen (secondary N) is 3. The molecule has 7 heteroatoms. The number of nitrogens with two attached hydrogens (primary N) is 1. The predicted octanol–water partition coefficient (Wildman–Crippen LogP) is 3.62. The molecule has 0 heterocycles. The normalized spacial score (nSPS) is 19.3. The quantitative estimate of drug-likeness (QED) is 0.409. The molecule has 0 bridgehead atoms. The van der Waals surface area contributed by atoms with Crippen molar-refractivity contribution in [1.82, 2.24) is 16.0 Å². The average Bonchev–Trinajstić information content (AvgIpc) is 2.70. The van der Waals surface area contributed by atoms with Crippen molar-refractivity contribution >= 4 is 24.3 Å². The largest absolute Gasteiger partial charge is 0.352 e. The summed E-state index contributed by atoms with van der Waals surface area (Å²) in [5, 5.41) is 9.14. The highest BCUT2D eigenvalue weighted by molar-refractivity contribution is 5.85. The Morgan fingerprint density at radius 2 is 1.54 bits per heavy atom.